The summed E-state index contributed by atoms with van der Waals surface area (Å²) in [5.74, 6) is 0.748. The molecule has 1 aliphatic heterocycles. The summed E-state index contributed by atoms with van der Waals surface area (Å²) >= 11 is 0. The quantitative estimate of drug-likeness (QED) is 0.799. The minimum atomic E-state index is 0.748. The zero-order chi connectivity index (χ0) is 16.1. The van der Waals surface area contributed by atoms with Crippen LogP contribution in [0.5, 0.6) is 0 Å². The van der Waals surface area contributed by atoms with Crippen molar-refractivity contribution in [3.8, 4) is 0 Å². The van der Waals surface area contributed by atoms with Crippen LogP contribution in [-0.4, -0.2) is 18.5 Å². The van der Waals surface area contributed by atoms with E-state index in [1.165, 1.54) is 49.7 Å². The molecule has 1 aromatic rings. The Morgan fingerprint density at radius 3 is 2.35 bits per heavy atom. The average molecular weight is 309 g/mol. The number of allylic oxidation sites excluding steroid dienone is 1. The topological polar surface area (TPSA) is 50.7 Å². The molecule has 0 unspecified atom stereocenters. The van der Waals surface area contributed by atoms with Crippen molar-refractivity contribution in [2.45, 2.75) is 57.3 Å². The normalized spacial score (nSPS) is 23.8. The molecule has 1 aliphatic carbocycles. The summed E-state index contributed by atoms with van der Waals surface area (Å²) in [5, 5.41) is 0. The monoisotopic (exact) mass is 309 g/mol. The van der Waals surface area contributed by atoms with Crippen molar-refractivity contribution in [3.63, 3.8) is 0 Å². The molecule has 1 saturated carbocycles. The highest BCUT2D eigenvalue weighted by Crippen LogP contribution is 2.32. The minimum absolute atomic E-state index is 0.748. The Morgan fingerprint density at radius 1 is 1.04 bits per heavy atom. The molecule has 0 saturated heterocycles. The molecule has 2 aliphatic rings. The van der Waals surface area contributed by atoms with Gasteiger partial charge in [-0.3, -0.25) is 4.99 Å². The lowest BCUT2D eigenvalue weighted by molar-refractivity contribution is 0.592. The number of benzene rings is 1. The van der Waals surface area contributed by atoms with Gasteiger partial charge in [0.2, 0.25) is 0 Å². The zero-order valence-electron chi connectivity index (χ0n) is 14.1. The lowest BCUT2D eigenvalue weighted by Gasteiger charge is -2.18. The molecule has 0 aromatic heterocycles. The smallest absolute Gasteiger partial charge is 0.0997 e. The fourth-order valence-electron chi connectivity index (χ4n) is 3.76. The Balaban J connectivity index is 1.78. The number of hydrogen-bond acceptors (Lipinski definition) is 3. The molecule has 0 spiro atoms. The fourth-order valence-corrected chi connectivity index (χ4v) is 3.76. The molecule has 0 bridgehead atoms. The summed E-state index contributed by atoms with van der Waals surface area (Å²) in [4.78, 5) is 8.98. The maximum absolute atomic E-state index is 5.70. The van der Waals surface area contributed by atoms with E-state index in [2.05, 4.69) is 29.3 Å². The Kier molecular flexibility index (Phi) is 5.27. The largest absolute Gasteiger partial charge is 0.403 e. The molecule has 0 atom stereocenters. The predicted octanol–water partition coefficient (Wildman–Crippen LogP) is 4.58. The highest BCUT2D eigenvalue weighted by molar-refractivity contribution is 6.12. The highest BCUT2D eigenvalue weighted by Gasteiger charge is 2.18. The van der Waals surface area contributed by atoms with Gasteiger partial charge in [0, 0.05) is 19.0 Å². The van der Waals surface area contributed by atoms with Gasteiger partial charge in [-0.15, -0.1) is 0 Å². The van der Waals surface area contributed by atoms with E-state index in [9.17, 15) is 0 Å². The van der Waals surface area contributed by atoms with Crippen LogP contribution in [0.25, 0.3) is 0 Å². The molecule has 122 valence electrons. The highest BCUT2D eigenvalue weighted by atomic mass is 14.9. The van der Waals surface area contributed by atoms with Crippen LogP contribution in [-0.2, 0) is 0 Å². The summed E-state index contributed by atoms with van der Waals surface area (Å²) in [5.41, 5.74) is 11.4. The van der Waals surface area contributed by atoms with Crippen molar-refractivity contribution >= 4 is 11.4 Å². The van der Waals surface area contributed by atoms with Gasteiger partial charge in [-0.1, -0.05) is 49.9 Å². The molecular formula is C20H27N3. The van der Waals surface area contributed by atoms with Crippen molar-refractivity contribution in [1.82, 2.24) is 0 Å². The Labute approximate surface area is 139 Å². The van der Waals surface area contributed by atoms with Gasteiger partial charge in [-0.2, -0.15) is 0 Å². The SMILES string of the molecule is CN=C1CCC(c2ccc(C3CCCCCC3)cc2)=N/C1=C\N. The Bertz CT molecular complexity index is 615. The molecular weight excluding hydrogens is 282 g/mol. The molecule has 3 heteroatoms. The first-order chi connectivity index (χ1) is 11.3. The minimum Gasteiger partial charge on any atom is -0.403 e. The maximum atomic E-state index is 5.70. The first-order valence-electron chi connectivity index (χ1n) is 8.87. The van der Waals surface area contributed by atoms with Gasteiger partial charge in [-0.25, -0.2) is 4.99 Å². The van der Waals surface area contributed by atoms with Crippen LogP contribution in [0.3, 0.4) is 0 Å². The fraction of sp³-hybridized carbons (Fsp3) is 0.500. The molecule has 0 amide bonds. The number of rotatable bonds is 2. The van der Waals surface area contributed by atoms with Crippen molar-refractivity contribution in [2.24, 2.45) is 15.7 Å². The van der Waals surface area contributed by atoms with Gasteiger partial charge < -0.3 is 5.73 Å². The summed E-state index contributed by atoms with van der Waals surface area (Å²) in [7, 11) is 1.81. The lowest BCUT2D eigenvalue weighted by atomic mass is 9.90. The van der Waals surface area contributed by atoms with Crippen LogP contribution in [0.15, 0.2) is 46.1 Å². The summed E-state index contributed by atoms with van der Waals surface area (Å²) in [6.45, 7) is 0. The van der Waals surface area contributed by atoms with Crippen molar-refractivity contribution in [2.75, 3.05) is 7.05 Å². The third-order valence-electron chi connectivity index (χ3n) is 5.15. The molecule has 0 radical (unpaired) electrons. The standard InChI is InChI=1S/C20H27N3/c1-22-19-13-12-18(23-20(19)14-21)17-10-8-16(9-11-17)15-6-4-2-3-5-7-15/h8-11,14-15H,2-7,12-13,21H2,1H3/b20-14-,22-19?. The van der Waals surface area contributed by atoms with E-state index in [0.29, 0.717) is 0 Å². The summed E-state index contributed by atoms with van der Waals surface area (Å²) in [6, 6.07) is 9.09. The van der Waals surface area contributed by atoms with Gasteiger partial charge in [0.05, 0.1) is 11.4 Å². The van der Waals surface area contributed by atoms with Gasteiger partial charge in [0.15, 0.2) is 0 Å². The van der Waals surface area contributed by atoms with Crippen LogP contribution in [0.4, 0.5) is 0 Å². The molecule has 1 heterocycles. The van der Waals surface area contributed by atoms with E-state index in [1.807, 2.05) is 0 Å². The van der Waals surface area contributed by atoms with E-state index in [0.717, 1.165) is 35.9 Å². The van der Waals surface area contributed by atoms with E-state index in [4.69, 9.17) is 10.7 Å². The summed E-state index contributed by atoms with van der Waals surface area (Å²) < 4.78 is 0. The van der Waals surface area contributed by atoms with E-state index in [-0.39, 0.29) is 0 Å². The zero-order valence-corrected chi connectivity index (χ0v) is 14.1. The van der Waals surface area contributed by atoms with Crippen LogP contribution in [0, 0.1) is 0 Å². The van der Waals surface area contributed by atoms with E-state index >= 15 is 0 Å². The summed E-state index contributed by atoms with van der Waals surface area (Å²) in [6.07, 6.45) is 11.7. The number of aliphatic imine (C=N–C) groups is 2. The molecule has 1 aromatic carbocycles. The second-order valence-electron chi connectivity index (χ2n) is 6.59. The third kappa shape index (κ3) is 3.72. The lowest BCUT2D eigenvalue weighted by Crippen LogP contribution is -2.16. The van der Waals surface area contributed by atoms with Gasteiger partial charge >= 0.3 is 0 Å². The second kappa shape index (κ2) is 7.58. The van der Waals surface area contributed by atoms with Crippen molar-refractivity contribution < 1.29 is 0 Å². The molecule has 23 heavy (non-hydrogen) atoms. The van der Waals surface area contributed by atoms with Gasteiger partial charge in [0.25, 0.3) is 0 Å². The van der Waals surface area contributed by atoms with Crippen LogP contribution >= 0.6 is 0 Å². The molecule has 1 fully saturated rings. The first-order valence-corrected chi connectivity index (χ1v) is 8.87. The Morgan fingerprint density at radius 2 is 1.74 bits per heavy atom. The molecule has 3 rings (SSSR count). The molecule has 3 nitrogen and oxygen atoms in total. The number of nitrogens with zero attached hydrogens (tertiary/aromatic N) is 2. The van der Waals surface area contributed by atoms with Crippen molar-refractivity contribution in [3.05, 3.63) is 47.3 Å². The molecule has 2 N–H and O–H groups in total. The first kappa shape index (κ1) is 16.0. The van der Waals surface area contributed by atoms with Crippen LogP contribution in [0.1, 0.15) is 68.4 Å². The number of nitrogens with two attached hydrogens (primary N) is 1. The average Bonchev–Trinajstić information content (AvgIpc) is 2.90. The number of hydrogen-bond donors (Lipinski definition) is 1. The maximum Gasteiger partial charge on any atom is 0.0997 e. The third-order valence-corrected chi connectivity index (χ3v) is 5.15. The van der Waals surface area contributed by atoms with Gasteiger partial charge in [-0.05, 0) is 42.7 Å². The van der Waals surface area contributed by atoms with Crippen molar-refractivity contribution in [1.29, 1.82) is 0 Å². The van der Waals surface area contributed by atoms with Gasteiger partial charge in [0.1, 0.15) is 0 Å². The van der Waals surface area contributed by atoms with Crippen LogP contribution < -0.4 is 5.73 Å². The predicted molar refractivity (Wildman–Crippen MR) is 98.3 cm³/mol. The second-order valence-corrected chi connectivity index (χ2v) is 6.59. The van der Waals surface area contributed by atoms with Crippen LogP contribution in [0.2, 0.25) is 0 Å². The Hall–Kier alpha value is -1.90. The van der Waals surface area contributed by atoms with E-state index in [1.54, 1.807) is 13.2 Å². The van der Waals surface area contributed by atoms with E-state index < -0.39 is 0 Å².